The van der Waals surface area contributed by atoms with Gasteiger partial charge in [0.05, 0.1) is 0 Å². The molecule has 0 saturated heterocycles. The minimum atomic E-state index is -4.55. The molecule has 9 heteroatoms. The van der Waals surface area contributed by atoms with Crippen LogP contribution in [0.25, 0.3) is 11.2 Å². The van der Waals surface area contributed by atoms with E-state index >= 15 is 0 Å². The molecule has 0 aromatic carbocycles. The Hall–Kier alpha value is -2.32. The minimum Gasteiger partial charge on any atom is -0.338 e. The zero-order chi connectivity index (χ0) is 17.7. The Morgan fingerprint density at radius 3 is 2.75 bits per heavy atom. The molecule has 0 spiro atoms. The molecule has 6 nitrogen and oxygen atoms in total. The van der Waals surface area contributed by atoms with E-state index in [0.717, 1.165) is 4.57 Å². The number of aryl methyl sites for hydroxylation is 1. The fourth-order valence-corrected chi connectivity index (χ4v) is 2.19. The standard InChI is InChI=1S/C15H20F3N5O/c1-10(2)9-21-14(24)20-7-4-8-23-12-11(5-3-6-19-12)22-13(23)15(16,17)18/h3,5-6,10H,4,7-9H2,1-2H3,(H2,20,21,24). The van der Waals surface area contributed by atoms with E-state index in [0.29, 0.717) is 18.9 Å². The van der Waals surface area contributed by atoms with E-state index in [1.807, 2.05) is 13.8 Å². The Labute approximate surface area is 137 Å². The number of halogens is 3. The Bertz CT molecular complexity index is 696. The summed E-state index contributed by atoms with van der Waals surface area (Å²) in [7, 11) is 0. The van der Waals surface area contributed by atoms with Crippen molar-refractivity contribution in [2.45, 2.75) is 33.0 Å². The van der Waals surface area contributed by atoms with Crippen LogP contribution in [0.3, 0.4) is 0 Å². The van der Waals surface area contributed by atoms with Crippen LogP contribution in [-0.2, 0) is 12.7 Å². The van der Waals surface area contributed by atoms with Crippen LogP contribution in [0.5, 0.6) is 0 Å². The molecular weight excluding hydrogens is 323 g/mol. The molecule has 0 fully saturated rings. The monoisotopic (exact) mass is 343 g/mol. The number of nitrogens with zero attached hydrogens (tertiary/aromatic N) is 3. The summed E-state index contributed by atoms with van der Waals surface area (Å²) in [5.74, 6) is -0.644. The zero-order valence-corrected chi connectivity index (χ0v) is 13.5. The van der Waals surface area contributed by atoms with Crippen LogP contribution in [0.15, 0.2) is 18.3 Å². The van der Waals surface area contributed by atoms with Crippen LogP contribution in [0.2, 0.25) is 0 Å². The molecular formula is C15H20F3N5O. The predicted octanol–water partition coefficient (Wildman–Crippen LogP) is 2.80. The van der Waals surface area contributed by atoms with Gasteiger partial charge in [-0.2, -0.15) is 13.2 Å². The van der Waals surface area contributed by atoms with E-state index in [2.05, 4.69) is 20.6 Å². The number of urea groups is 1. The normalized spacial score (nSPS) is 11.9. The number of amides is 2. The average Bonchev–Trinajstić information content (AvgIpc) is 2.88. The van der Waals surface area contributed by atoms with Crippen molar-refractivity contribution in [1.29, 1.82) is 0 Å². The lowest BCUT2D eigenvalue weighted by Gasteiger charge is -2.12. The minimum absolute atomic E-state index is 0.0623. The molecule has 0 radical (unpaired) electrons. The van der Waals surface area contributed by atoms with Crippen molar-refractivity contribution in [2.75, 3.05) is 13.1 Å². The third kappa shape index (κ3) is 4.59. The number of alkyl halides is 3. The number of hydrogen-bond acceptors (Lipinski definition) is 3. The second-order valence-corrected chi connectivity index (χ2v) is 5.82. The first-order valence-corrected chi connectivity index (χ1v) is 7.69. The molecule has 24 heavy (non-hydrogen) atoms. The summed E-state index contributed by atoms with van der Waals surface area (Å²) in [6.07, 6.45) is -2.79. The molecule has 132 valence electrons. The maximum atomic E-state index is 13.1. The number of aromatic nitrogens is 3. The molecule has 2 aromatic heterocycles. The highest BCUT2D eigenvalue weighted by Crippen LogP contribution is 2.30. The van der Waals surface area contributed by atoms with Crippen LogP contribution in [0.1, 0.15) is 26.1 Å². The lowest BCUT2D eigenvalue weighted by Crippen LogP contribution is -2.38. The first kappa shape index (κ1) is 18.0. The summed E-state index contributed by atoms with van der Waals surface area (Å²) in [4.78, 5) is 19.1. The van der Waals surface area contributed by atoms with Gasteiger partial charge < -0.3 is 15.2 Å². The highest BCUT2D eigenvalue weighted by molar-refractivity contribution is 5.73. The van der Waals surface area contributed by atoms with Crippen LogP contribution in [0.4, 0.5) is 18.0 Å². The highest BCUT2D eigenvalue weighted by Gasteiger charge is 2.37. The van der Waals surface area contributed by atoms with E-state index in [-0.39, 0.29) is 30.3 Å². The fourth-order valence-electron chi connectivity index (χ4n) is 2.19. The molecule has 0 saturated carbocycles. The van der Waals surface area contributed by atoms with Gasteiger partial charge in [0.1, 0.15) is 5.52 Å². The van der Waals surface area contributed by atoms with Gasteiger partial charge in [0.15, 0.2) is 5.65 Å². The molecule has 0 aliphatic heterocycles. The van der Waals surface area contributed by atoms with Gasteiger partial charge in [-0.15, -0.1) is 0 Å². The second-order valence-electron chi connectivity index (χ2n) is 5.82. The molecule has 0 unspecified atom stereocenters. The van der Waals surface area contributed by atoms with Crippen molar-refractivity contribution >= 4 is 17.2 Å². The van der Waals surface area contributed by atoms with Crippen LogP contribution in [0, 0.1) is 5.92 Å². The molecule has 0 aliphatic rings. The summed E-state index contributed by atoms with van der Waals surface area (Å²) >= 11 is 0. The Balaban J connectivity index is 1.98. The Morgan fingerprint density at radius 2 is 2.08 bits per heavy atom. The Kier molecular flexibility index (Phi) is 5.63. The van der Waals surface area contributed by atoms with Crippen molar-refractivity contribution in [3.05, 3.63) is 24.2 Å². The number of pyridine rings is 1. The van der Waals surface area contributed by atoms with Crippen molar-refractivity contribution in [3.8, 4) is 0 Å². The number of carbonyl (C=O) groups is 1. The topological polar surface area (TPSA) is 71.8 Å². The van der Waals surface area contributed by atoms with E-state index in [1.54, 1.807) is 6.07 Å². The maximum absolute atomic E-state index is 13.1. The number of imidazole rings is 1. The van der Waals surface area contributed by atoms with Crippen molar-refractivity contribution in [1.82, 2.24) is 25.2 Å². The molecule has 0 aliphatic carbocycles. The van der Waals surface area contributed by atoms with E-state index in [9.17, 15) is 18.0 Å². The van der Waals surface area contributed by atoms with Gasteiger partial charge in [0.2, 0.25) is 5.82 Å². The fraction of sp³-hybridized carbons (Fsp3) is 0.533. The number of rotatable bonds is 6. The lowest BCUT2D eigenvalue weighted by atomic mass is 10.2. The molecule has 2 aromatic rings. The second kappa shape index (κ2) is 7.50. The molecule has 0 bridgehead atoms. The smallest absolute Gasteiger partial charge is 0.338 e. The van der Waals surface area contributed by atoms with Gasteiger partial charge in [-0.3, -0.25) is 0 Å². The number of fused-ring (bicyclic) bond motifs is 1. The average molecular weight is 343 g/mol. The number of carbonyl (C=O) groups excluding carboxylic acids is 1. The molecule has 2 amide bonds. The van der Waals surface area contributed by atoms with Gasteiger partial charge in [-0.25, -0.2) is 14.8 Å². The summed E-state index contributed by atoms with van der Waals surface area (Å²) in [6.45, 7) is 4.80. The third-order valence-electron chi connectivity index (χ3n) is 3.27. The quantitative estimate of drug-likeness (QED) is 0.792. The summed E-state index contributed by atoms with van der Waals surface area (Å²) in [6, 6.07) is 2.71. The van der Waals surface area contributed by atoms with Crippen molar-refractivity contribution in [2.24, 2.45) is 5.92 Å². The van der Waals surface area contributed by atoms with Crippen molar-refractivity contribution < 1.29 is 18.0 Å². The van der Waals surface area contributed by atoms with Gasteiger partial charge in [0, 0.05) is 25.8 Å². The third-order valence-corrected chi connectivity index (χ3v) is 3.27. The molecule has 0 atom stereocenters. The first-order chi connectivity index (χ1) is 11.3. The van der Waals surface area contributed by atoms with Gasteiger partial charge in [0.25, 0.3) is 0 Å². The molecule has 2 heterocycles. The lowest BCUT2D eigenvalue weighted by molar-refractivity contribution is -0.147. The molecule has 2 rings (SSSR count). The van der Waals surface area contributed by atoms with Crippen molar-refractivity contribution in [3.63, 3.8) is 0 Å². The highest BCUT2D eigenvalue weighted by atomic mass is 19.4. The number of hydrogen-bond donors (Lipinski definition) is 2. The van der Waals surface area contributed by atoms with E-state index in [1.165, 1.54) is 12.3 Å². The van der Waals surface area contributed by atoms with Gasteiger partial charge in [-0.1, -0.05) is 13.8 Å². The van der Waals surface area contributed by atoms with E-state index < -0.39 is 12.0 Å². The zero-order valence-electron chi connectivity index (χ0n) is 13.5. The van der Waals surface area contributed by atoms with Crippen LogP contribution >= 0.6 is 0 Å². The van der Waals surface area contributed by atoms with Gasteiger partial charge >= 0.3 is 12.2 Å². The van der Waals surface area contributed by atoms with Gasteiger partial charge in [-0.05, 0) is 24.5 Å². The summed E-state index contributed by atoms with van der Waals surface area (Å²) in [5.41, 5.74) is 0.390. The largest absolute Gasteiger partial charge is 0.449 e. The van der Waals surface area contributed by atoms with Crippen LogP contribution < -0.4 is 10.6 Å². The maximum Gasteiger partial charge on any atom is 0.449 e. The predicted molar refractivity (Wildman–Crippen MR) is 83.4 cm³/mol. The van der Waals surface area contributed by atoms with E-state index in [4.69, 9.17) is 0 Å². The molecule has 2 N–H and O–H groups in total. The summed E-state index contributed by atoms with van der Waals surface area (Å²) < 4.78 is 40.4. The Morgan fingerprint density at radius 1 is 1.33 bits per heavy atom. The number of nitrogens with one attached hydrogen (secondary N) is 2. The summed E-state index contributed by atoms with van der Waals surface area (Å²) in [5, 5.41) is 5.30. The SMILES string of the molecule is CC(C)CNC(=O)NCCCn1c(C(F)(F)F)nc2cccnc21. The first-order valence-electron chi connectivity index (χ1n) is 7.69. The van der Waals surface area contributed by atoms with Crippen LogP contribution in [-0.4, -0.2) is 33.7 Å².